The van der Waals surface area contributed by atoms with Crippen molar-refractivity contribution in [3.8, 4) is 0 Å². The van der Waals surface area contributed by atoms with Gasteiger partial charge in [0.2, 0.25) is 0 Å². The zero-order valence-corrected chi connectivity index (χ0v) is 17.5. The molecule has 0 unspecified atom stereocenters. The van der Waals surface area contributed by atoms with Gasteiger partial charge in [-0.2, -0.15) is 0 Å². The van der Waals surface area contributed by atoms with E-state index < -0.39 is 5.60 Å². The predicted octanol–water partition coefficient (Wildman–Crippen LogP) is 2.05. The Kier molecular flexibility index (Phi) is 6.21. The summed E-state index contributed by atoms with van der Waals surface area (Å²) in [5, 5.41) is 0. The molecule has 154 valence electrons. The summed E-state index contributed by atoms with van der Waals surface area (Å²) in [6.07, 6.45) is -0.380. The normalized spacial score (nSPS) is 17.3. The van der Waals surface area contributed by atoms with Crippen LogP contribution in [0.3, 0.4) is 0 Å². The highest BCUT2D eigenvalue weighted by Crippen LogP contribution is 2.20. The average molecular weight is 390 g/mol. The number of hydrogen-bond donors (Lipinski definition) is 1. The van der Waals surface area contributed by atoms with E-state index in [0.29, 0.717) is 36.4 Å². The molecular formula is C20H30N4O4. The lowest BCUT2D eigenvalue weighted by Gasteiger charge is -2.40. The zero-order chi connectivity index (χ0) is 21.2. The minimum atomic E-state index is -0.569. The van der Waals surface area contributed by atoms with Crippen LogP contribution in [0.4, 0.5) is 10.5 Å². The van der Waals surface area contributed by atoms with Gasteiger partial charge in [0.25, 0.3) is 11.8 Å². The molecule has 1 aromatic carbocycles. The average Bonchev–Trinajstić information content (AvgIpc) is 2.57. The minimum Gasteiger partial charge on any atom is -0.444 e. The van der Waals surface area contributed by atoms with Crippen LogP contribution in [-0.4, -0.2) is 78.0 Å². The van der Waals surface area contributed by atoms with E-state index in [1.54, 1.807) is 42.1 Å². The van der Waals surface area contributed by atoms with Gasteiger partial charge in [0.05, 0.1) is 0 Å². The van der Waals surface area contributed by atoms with E-state index in [9.17, 15) is 14.4 Å². The van der Waals surface area contributed by atoms with Crippen LogP contribution >= 0.6 is 0 Å². The first-order valence-electron chi connectivity index (χ1n) is 9.30. The van der Waals surface area contributed by atoms with Crippen molar-refractivity contribution in [1.82, 2.24) is 14.7 Å². The maximum atomic E-state index is 13.0. The van der Waals surface area contributed by atoms with Gasteiger partial charge in [0, 0.05) is 56.6 Å². The number of carbonyl (C=O) groups is 3. The van der Waals surface area contributed by atoms with Gasteiger partial charge in [0.1, 0.15) is 5.60 Å². The molecule has 1 aliphatic rings. The second-order valence-electron chi connectivity index (χ2n) is 8.32. The predicted molar refractivity (Wildman–Crippen MR) is 107 cm³/mol. The number of amides is 3. The summed E-state index contributed by atoms with van der Waals surface area (Å²) in [7, 11) is 3.29. The molecule has 0 aromatic heterocycles. The Bertz CT molecular complexity index is 770. The smallest absolute Gasteiger partial charge is 0.410 e. The van der Waals surface area contributed by atoms with E-state index in [2.05, 4.69) is 0 Å². The number of hydrogen-bond acceptors (Lipinski definition) is 5. The number of nitrogen functional groups attached to an aromatic ring is 1. The van der Waals surface area contributed by atoms with Crippen molar-refractivity contribution in [1.29, 1.82) is 0 Å². The van der Waals surface area contributed by atoms with Crippen molar-refractivity contribution >= 4 is 23.6 Å². The molecule has 1 aromatic rings. The molecule has 8 nitrogen and oxygen atoms in total. The molecule has 28 heavy (non-hydrogen) atoms. The number of piperazine rings is 1. The molecule has 8 heteroatoms. The van der Waals surface area contributed by atoms with Crippen molar-refractivity contribution in [2.24, 2.45) is 0 Å². The highest BCUT2D eigenvalue weighted by atomic mass is 16.6. The molecule has 0 radical (unpaired) electrons. The third kappa shape index (κ3) is 5.15. The lowest BCUT2D eigenvalue weighted by Crippen LogP contribution is -2.56. The number of rotatable bonds is 2. The molecule has 3 amide bonds. The lowest BCUT2D eigenvalue weighted by atomic mass is 10.1. The highest BCUT2D eigenvalue weighted by Gasteiger charge is 2.33. The third-order valence-electron chi connectivity index (χ3n) is 4.40. The first kappa shape index (κ1) is 21.5. The number of carbonyl (C=O) groups excluding carboxylic acids is 3. The SMILES string of the molecule is C[C@H]1CN(C(=O)c2cc(N)cc(C(=O)N(C)C)c2)CCN1C(=O)OC(C)(C)C. The first-order valence-corrected chi connectivity index (χ1v) is 9.30. The van der Waals surface area contributed by atoms with Crippen LogP contribution < -0.4 is 5.73 Å². The van der Waals surface area contributed by atoms with E-state index in [0.717, 1.165) is 0 Å². The van der Waals surface area contributed by atoms with Gasteiger partial charge < -0.3 is 25.2 Å². The van der Waals surface area contributed by atoms with Crippen LogP contribution in [0.25, 0.3) is 0 Å². The molecule has 0 bridgehead atoms. The summed E-state index contributed by atoms with van der Waals surface area (Å²) >= 11 is 0. The third-order valence-corrected chi connectivity index (χ3v) is 4.40. The fraction of sp³-hybridized carbons (Fsp3) is 0.550. The molecule has 1 heterocycles. The summed E-state index contributed by atoms with van der Waals surface area (Å²) in [5.74, 6) is -0.430. The maximum Gasteiger partial charge on any atom is 0.410 e. The van der Waals surface area contributed by atoms with E-state index >= 15 is 0 Å². The second-order valence-corrected chi connectivity index (χ2v) is 8.32. The fourth-order valence-corrected chi connectivity index (χ4v) is 3.07. The molecule has 1 atom stereocenters. The maximum absolute atomic E-state index is 13.0. The molecule has 1 saturated heterocycles. The Labute approximate surface area is 166 Å². The van der Waals surface area contributed by atoms with Crippen molar-refractivity contribution < 1.29 is 19.1 Å². The van der Waals surface area contributed by atoms with Gasteiger partial charge in [-0.3, -0.25) is 9.59 Å². The van der Waals surface area contributed by atoms with Gasteiger partial charge >= 0.3 is 6.09 Å². The Morgan fingerprint density at radius 1 is 1.11 bits per heavy atom. The van der Waals surface area contributed by atoms with E-state index in [1.807, 2.05) is 27.7 Å². The molecule has 0 saturated carbocycles. The summed E-state index contributed by atoms with van der Waals surface area (Å²) in [4.78, 5) is 42.3. The summed E-state index contributed by atoms with van der Waals surface area (Å²) in [6, 6.07) is 4.50. The van der Waals surface area contributed by atoms with Crippen molar-refractivity contribution in [2.45, 2.75) is 39.3 Å². The van der Waals surface area contributed by atoms with E-state index in [4.69, 9.17) is 10.5 Å². The molecule has 2 rings (SSSR count). The molecular weight excluding hydrogens is 360 g/mol. The van der Waals surface area contributed by atoms with Gasteiger partial charge in [-0.05, 0) is 45.9 Å². The quantitative estimate of drug-likeness (QED) is 0.780. The van der Waals surface area contributed by atoms with Crippen molar-refractivity contribution in [3.63, 3.8) is 0 Å². The van der Waals surface area contributed by atoms with Gasteiger partial charge in [-0.15, -0.1) is 0 Å². The molecule has 0 aliphatic carbocycles. The van der Waals surface area contributed by atoms with Crippen LogP contribution in [-0.2, 0) is 4.74 Å². The number of ether oxygens (including phenoxy) is 1. The Hall–Kier alpha value is -2.77. The number of nitrogens with zero attached hydrogens (tertiary/aromatic N) is 3. The molecule has 2 N–H and O–H groups in total. The van der Waals surface area contributed by atoms with Gasteiger partial charge in [0.15, 0.2) is 0 Å². The molecule has 0 spiro atoms. The monoisotopic (exact) mass is 390 g/mol. The topological polar surface area (TPSA) is 96.2 Å². The van der Waals surface area contributed by atoms with Crippen molar-refractivity contribution in [3.05, 3.63) is 29.3 Å². The highest BCUT2D eigenvalue weighted by molar-refractivity contribution is 6.01. The minimum absolute atomic E-state index is 0.184. The van der Waals surface area contributed by atoms with E-state index in [-0.39, 0.29) is 23.9 Å². The van der Waals surface area contributed by atoms with Crippen LogP contribution in [0, 0.1) is 0 Å². The Morgan fingerprint density at radius 3 is 2.25 bits per heavy atom. The number of anilines is 1. The first-order chi connectivity index (χ1) is 12.9. The zero-order valence-electron chi connectivity index (χ0n) is 17.5. The lowest BCUT2D eigenvalue weighted by molar-refractivity contribution is 0.00198. The van der Waals surface area contributed by atoms with Crippen molar-refractivity contribution in [2.75, 3.05) is 39.5 Å². The fourth-order valence-electron chi connectivity index (χ4n) is 3.07. The van der Waals surface area contributed by atoms with Crippen LogP contribution in [0.15, 0.2) is 18.2 Å². The van der Waals surface area contributed by atoms with Crippen LogP contribution in [0.5, 0.6) is 0 Å². The Morgan fingerprint density at radius 2 is 1.71 bits per heavy atom. The van der Waals surface area contributed by atoms with Gasteiger partial charge in [-0.1, -0.05) is 0 Å². The molecule has 1 fully saturated rings. The van der Waals surface area contributed by atoms with Crippen LogP contribution in [0.1, 0.15) is 48.4 Å². The summed E-state index contributed by atoms with van der Waals surface area (Å²) in [6.45, 7) is 8.49. The second kappa shape index (κ2) is 8.08. The summed E-state index contributed by atoms with van der Waals surface area (Å²) < 4.78 is 5.43. The largest absolute Gasteiger partial charge is 0.444 e. The Balaban J connectivity index is 2.13. The number of benzene rings is 1. The standard InChI is InChI=1S/C20H30N4O4/c1-13-12-23(7-8-24(13)19(27)28-20(2,3)4)18(26)15-9-14(10-16(21)11-15)17(25)22(5)6/h9-11,13H,7-8,12,21H2,1-6H3/t13-/m0/s1. The van der Waals surface area contributed by atoms with E-state index in [1.165, 1.54) is 4.90 Å². The van der Waals surface area contributed by atoms with Crippen LogP contribution in [0.2, 0.25) is 0 Å². The number of nitrogens with two attached hydrogens (primary N) is 1. The summed E-state index contributed by atoms with van der Waals surface area (Å²) in [5.41, 5.74) is 6.42. The van der Waals surface area contributed by atoms with Gasteiger partial charge in [-0.25, -0.2) is 4.79 Å². The molecule has 1 aliphatic heterocycles.